The maximum atomic E-state index is 12.8. The van der Waals surface area contributed by atoms with E-state index in [4.69, 9.17) is 0 Å². The molecule has 0 radical (unpaired) electrons. The predicted octanol–water partition coefficient (Wildman–Crippen LogP) is 4.92. The normalized spacial score (nSPS) is 11.4. The van der Waals surface area contributed by atoms with E-state index in [9.17, 15) is 18.3 Å². The van der Waals surface area contributed by atoms with Gasteiger partial charge in [-0.3, -0.25) is 0 Å². The van der Waals surface area contributed by atoms with Crippen LogP contribution in [0.4, 0.5) is 24.7 Å². The second-order valence-corrected chi connectivity index (χ2v) is 5.44. The van der Waals surface area contributed by atoms with Crippen molar-refractivity contribution in [3.8, 4) is 17.1 Å². The first-order valence-corrected chi connectivity index (χ1v) is 7.41. The first-order chi connectivity index (χ1) is 11.8. The number of para-hydroxylation sites is 1. The van der Waals surface area contributed by atoms with Gasteiger partial charge in [-0.05, 0) is 37.3 Å². The van der Waals surface area contributed by atoms with E-state index in [0.29, 0.717) is 17.1 Å². The lowest BCUT2D eigenvalue weighted by Gasteiger charge is -2.12. The summed E-state index contributed by atoms with van der Waals surface area (Å²) in [5, 5.41) is 12.8. The Labute approximate surface area is 142 Å². The van der Waals surface area contributed by atoms with Crippen molar-refractivity contribution in [2.45, 2.75) is 13.1 Å². The van der Waals surface area contributed by atoms with E-state index in [-0.39, 0.29) is 17.3 Å². The minimum absolute atomic E-state index is 0.0260. The Morgan fingerprint density at radius 3 is 2.44 bits per heavy atom. The zero-order valence-corrected chi connectivity index (χ0v) is 13.2. The van der Waals surface area contributed by atoms with Gasteiger partial charge in [-0.1, -0.05) is 18.2 Å². The van der Waals surface area contributed by atoms with Crippen LogP contribution >= 0.6 is 0 Å². The molecule has 0 atom stereocenters. The summed E-state index contributed by atoms with van der Waals surface area (Å²) < 4.78 is 38.5. The molecule has 0 aliphatic carbocycles. The molecule has 3 rings (SSSR count). The minimum Gasteiger partial charge on any atom is -0.507 e. The van der Waals surface area contributed by atoms with Gasteiger partial charge in [0.25, 0.3) is 0 Å². The lowest BCUT2D eigenvalue weighted by molar-refractivity contribution is -0.137. The highest BCUT2D eigenvalue weighted by Gasteiger charge is 2.30. The Kier molecular flexibility index (Phi) is 4.31. The quantitative estimate of drug-likeness (QED) is 0.707. The summed E-state index contributed by atoms with van der Waals surface area (Å²) in [5.41, 5.74) is 0.571. The Hall–Kier alpha value is -3.09. The second kappa shape index (κ2) is 6.43. The molecule has 4 nitrogen and oxygen atoms in total. The van der Waals surface area contributed by atoms with Crippen LogP contribution in [0.15, 0.2) is 54.6 Å². The number of hydrogen-bond acceptors (Lipinski definition) is 4. The zero-order chi connectivity index (χ0) is 18.0. The molecule has 0 aliphatic rings. The van der Waals surface area contributed by atoms with Crippen LogP contribution in [0.2, 0.25) is 0 Å². The van der Waals surface area contributed by atoms with Crippen molar-refractivity contribution in [2.75, 3.05) is 5.32 Å². The molecule has 0 amide bonds. The number of aromatic nitrogens is 2. The Bertz CT molecular complexity index is 910. The Balaban J connectivity index is 1.96. The highest BCUT2D eigenvalue weighted by atomic mass is 19.4. The SMILES string of the molecule is Cc1cc(Nc2cccc(C(F)(F)F)c2)nc(-c2ccccc2O)n1. The Morgan fingerprint density at radius 1 is 0.960 bits per heavy atom. The van der Waals surface area contributed by atoms with E-state index in [1.165, 1.54) is 18.2 Å². The molecule has 0 fully saturated rings. The maximum absolute atomic E-state index is 12.8. The van der Waals surface area contributed by atoms with Gasteiger partial charge in [0.1, 0.15) is 11.6 Å². The molecular formula is C18H14F3N3O. The summed E-state index contributed by atoms with van der Waals surface area (Å²) in [6.45, 7) is 1.74. The first-order valence-electron chi connectivity index (χ1n) is 7.41. The van der Waals surface area contributed by atoms with Gasteiger partial charge in [-0.15, -0.1) is 0 Å². The van der Waals surface area contributed by atoms with Gasteiger partial charge in [0.15, 0.2) is 5.82 Å². The number of rotatable bonds is 3. The average molecular weight is 345 g/mol. The van der Waals surface area contributed by atoms with Crippen LogP contribution < -0.4 is 5.32 Å². The molecule has 0 spiro atoms. The predicted molar refractivity (Wildman–Crippen MR) is 88.6 cm³/mol. The monoisotopic (exact) mass is 345 g/mol. The molecule has 1 aromatic heterocycles. The minimum atomic E-state index is -4.42. The zero-order valence-electron chi connectivity index (χ0n) is 13.2. The third kappa shape index (κ3) is 3.88. The fourth-order valence-corrected chi connectivity index (χ4v) is 2.34. The van der Waals surface area contributed by atoms with E-state index >= 15 is 0 Å². The molecule has 128 valence electrons. The molecule has 0 bridgehead atoms. The van der Waals surface area contributed by atoms with Crippen LogP contribution in [0, 0.1) is 6.92 Å². The van der Waals surface area contributed by atoms with Crippen LogP contribution in [0.5, 0.6) is 5.75 Å². The van der Waals surface area contributed by atoms with E-state index in [1.807, 2.05) is 0 Å². The third-order valence-corrected chi connectivity index (χ3v) is 3.46. The van der Waals surface area contributed by atoms with Gasteiger partial charge < -0.3 is 10.4 Å². The van der Waals surface area contributed by atoms with Gasteiger partial charge in [-0.2, -0.15) is 13.2 Å². The van der Waals surface area contributed by atoms with Gasteiger partial charge in [0.05, 0.1) is 11.1 Å². The van der Waals surface area contributed by atoms with Gasteiger partial charge in [0.2, 0.25) is 0 Å². The lowest BCUT2D eigenvalue weighted by Crippen LogP contribution is -2.05. The highest BCUT2D eigenvalue weighted by molar-refractivity contribution is 5.66. The number of nitrogens with one attached hydrogen (secondary N) is 1. The summed E-state index contributed by atoms with van der Waals surface area (Å²) in [6, 6.07) is 13.1. The number of nitrogens with zero attached hydrogens (tertiary/aromatic N) is 2. The number of benzene rings is 2. The van der Waals surface area contributed by atoms with Crippen molar-refractivity contribution >= 4 is 11.5 Å². The second-order valence-electron chi connectivity index (χ2n) is 5.44. The smallest absolute Gasteiger partial charge is 0.416 e. The molecule has 0 saturated heterocycles. The molecule has 0 unspecified atom stereocenters. The number of aromatic hydroxyl groups is 1. The number of phenols is 1. The summed E-state index contributed by atoms with van der Waals surface area (Å²) >= 11 is 0. The molecule has 0 saturated carbocycles. The number of anilines is 2. The van der Waals surface area contributed by atoms with Crippen molar-refractivity contribution in [3.05, 3.63) is 65.9 Å². The molecule has 7 heteroatoms. The standard InChI is InChI=1S/C18H14F3N3O/c1-11-9-16(23-13-6-4-5-12(10-13)18(19,20)21)24-17(22-11)14-7-2-3-8-15(14)25/h2-10,25H,1H3,(H,22,23,24). The van der Waals surface area contributed by atoms with Gasteiger partial charge in [-0.25, -0.2) is 9.97 Å². The lowest BCUT2D eigenvalue weighted by atomic mass is 10.2. The van der Waals surface area contributed by atoms with Crippen molar-refractivity contribution in [1.29, 1.82) is 0 Å². The topological polar surface area (TPSA) is 58.0 Å². The van der Waals surface area contributed by atoms with Crippen LogP contribution in [0.3, 0.4) is 0 Å². The molecule has 0 aliphatic heterocycles. The number of phenolic OH excluding ortho intramolecular Hbond substituents is 1. The fourth-order valence-electron chi connectivity index (χ4n) is 2.34. The van der Waals surface area contributed by atoms with Crippen LogP contribution in [-0.2, 0) is 6.18 Å². The number of halogens is 3. The van der Waals surface area contributed by atoms with E-state index in [0.717, 1.165) is 12.1 Å². The highest BCUT2D eigenvalue weighted by Crippen LogP contribution is 2.32. The average Bonchev–Trinajstić information content (AvgIpc) is 2.54. The summed E-state index contributed by atoms with van der Waals surface area (Å²) in [6.07, 6.45) is -4.42. The number of aryl methyl sites for hydroxylation is 1. The van der Waals surface area contributed by atoms with Crippen LogP contribution in [0.25, 0.3) is 11.4 Å². The molecule has 3 aromatic rings. The van der Waals surface area contributed by atoms with Crippen LogP contribution in [-0.4, -0.2) is 15.1 Å². The summed E-state index contributed by atoms with van der Waals surface area (Å²) in [5.74, 6) is 0.649. The maximum Gasteiger partial charge on any atom is 0.416 e. The summed E-state index contributed by atoms with van der Waals surface area (Å²) in [4.78, 5) is 8.56. The first kappa shape index (κ1) is 16.8. The van der Waals surface area contributed by atoms with Gasteiger partial charge in [0, 0.05) is 17.4 Å². The third-order valence-electron chi connectivity index (χ3n) is 3.46. The molecular weight excluding hydrogens is 331 g/mol. The van der Waals surface area contributed by atoms with Crippen LogP contribution in [0.1, 0.15) is 11.3 Å². The van der Waals surface area contributed by atoms with Crippen molar-refractivity contribution in [3.63, 3.8) is 0 Å². The van der Waals surface area contributed by atoms with E-state index < -0.39 is 11.7 Å². The number of alkyl halides is 3. The molecule has 2 N–H and O–H groups in total. The van der Waals surface area contributed by atoms with E-state index in [2.05, 4.69) is 15.3 Å². The molecule has 2 aromatic carbocycles. The van der Waals surface area contributed by atoms with Gasteiger partial charge >= 0.3 is 6.18 Å². The Morgan fingerprint density at radius 2 is 1.72 bits per heavy atom. The molecule has 25 heavy (non-hydrogen) atoms. The number of hydrogen-bond donors (Lipinski definition) is 2. The largest absolute Gasteiger partial charge is 0.507 e. The van der Waals surface area contributed by atoms with Crippen molar-refractivity contribution < 1.29 is 18.3 Å². The fraction of sp³-hybridized carbons (Fsp3) is 0.111. The molecule has 1 heterocycles. The van der Waals surface area contributed by atoms with Crippen molar-refractivity contribution in [1.82, 2.24) is 9.97 Å². The summed E-state index contributed by atoms with van der Waals surface area (Å²) in [7, 11) is 0. The van der Waals surface area contributed by atoms with E-state index in [1.54, 1.807) is 31.2 Å². The van der Waals surface area contributed by atoms with Crippen molar-refractivity contribution in [2.24, 2.45) is 0 Å².